The summed E-state index contributed by atoms with van der Waals surface area (Å²) in [6, 6.07) is 0.0569. The van der Waals surface area contributed by atoms with Crippen molar-refractivity contribution in [2.24, 2.45) is 0 Å². The fraction of sp³-hybridized carbons (Fsp3) is 0.889. The van der Waals surface area contributed by atoms with Gasteiger partial charge in [0.2, 0.25) is 5.91 Å². The maximum Gasteiger partial charge on any atom is 0.240 e. The Morgan fingerprint density at radius 1 is 1.15 bits per heavy atom. The highest BCUT2D eigenvalue weighted by atomic mass is 32.1. The van der Waals surface area contributed by atoms with Crippen LogP contribution in [-0.2, 0) is 4.79 Å². The zero-order chi connectivity index (χ0) is 9.26. The second-order valence-corrected chi connectivity index (χ2v) is 4.37. The predicted molar refractivity (Wildman–Crippen MR) is 54.5 cm³/mol. The molecule has 1 amide bonds. The minimum absolute atomic E-state index is 0.0569. The standard InChI is InChI=1S/C9H16N2OS/c12-9(10-5-1-2-6-10)8-4-3-7-11(8)13/h8,13H,1-7H2/t8-/m0/s1. The molecule has 13 heavy (non-hydrogen) atoms. The van der Waals surface area contributed by atoms with Gasteiger partial charge in [0.05, 0.1) is 6.04 Å². The average molecular weight is 200 g/mol. The molecule has 0 bridgehead atoms. The Balaban J connectivity index is 1.95. The van der Waals surface area contributed by atoms with Crippen LogP contribution in [0.2, 0.25) is 0 Å². The van der Waals surface area contributed by atoms with E-state index in [4.69, 9.17) is 0 Å². The molecule has 3 nitrogen and oxygen atoms in total. The largest absolute Gasteiger partial charge is 0.341 e. The molecule has 0 aliphatic carbocycles. The molecular weight excluding hydrogens is 184 g/mol. The van der Waals surface area contributed by atoms with Crippen molar-refractivity contribution in [3.05, 3.63) is 0 Å². The van der Waals surface area contributed by atoms with Crippen LogP contribution in [0.1, 0.15) is 25.7 Å². The van der Waals surface area contributed by atoms with Gasteiger partial charge in [-0.1, -0.05) is 12.8 Å². The molecule has 0 radical (unpaired) electrons. The summed E-state index contributed by atoms with van der Waals surface area (Å²) in [6.45, 7) is 2.86. The first-order valence-electron chi connectivity index (χ1n) is 5.03. The maximum absolute atomic E-state index is 11.9. The summed E-state index contributed by atoms with van der Waals surface area (Å²) in [5.41, 5.74) is 0. The van der Waals surface area contributed by atoms with Crippen LogP contribution in [-0.4, -0.2) is 40.8 Å². The normalized spacial score (nSPS) is 29.9. The van der Waals surface area contributed by atoms with Gasteiger partial charge in [-0.2, -0.15) is 0 Å². The Morgan fingerprint density at radius 2 is 1.85 bits per heavy atom. The lowest BCUT2D eigenvalue weighted by atomic mass is 10.2. The van der Waals surface area contributed by atoms with E-state index in [0.29, 0.717) is 5.91 Å². The zero-order valence-corrected chi connectivity index (χ0v) is 8.67. The molecule has 0 spiro atoms. The zero-order valence-electron chi connectivity index (χ0n) is 7.78. The molecule has 2 aliphatic rings. The molecule has 2 aliphatic heterocycles. The number of nitrogens with zero attached hydrogens (tertiary/aromatic N) is 2. The van der Waals surface area contributed by atoms with Crippen molar-refractivity contribution in [1.29, 1.82) is 0 Å². The van der Waals surface area contributed by atoms with E-state index in [1.807, 2.05) is 9.21 Å². The van der Waals surface area contributed by atoms with Gasteiger partial charge in [-0.15, -0.1) is 0 Å². The molecular formula is C9H16N2OS. The molecule has 1 atom stereocenters. The fourth-order valence-corrected chi connectivity index (χ4v) is 2.51. The third kappa shape index (κ3) is 1.83. The van der Waals surface area contributed by atoms with Gasteiger partial charge in [-0.05, 0) is 25.7 Å². The molecule has 0 aromatic rings. The Morgan fingerprint density at radius 3 is 2.38 bits per heavy atom. The first kappa shape index (κ1) is 9.34. The van der Waals surface area contributed by atoms with Gasteiger partial charge in [-0.3, -0.25) is 4.79 Å². The highest BCUT2D eigenvalue weighted by molar-refractivity contribution is 7.77. The Bertz CT molecular complexity index is 204. The molecule has 4 heteroatoms. The van der Waals surface area contributed by atoms with Crippen LogP contribution in [0.5, 0.6) is 0 Å². The van der Waals surface area contributed by atoms with E-state index < -0.39 is 0 Å². The first-order chi connectivity index (χ1) is 6.29. The molecule has 0 aromatic carbocycles. The first-order valence-corrected chi connectivity index (χ1v) is 5.43. The molecule has 74 valence electrons. The van der Waals surface area contributed by atoms with Gasteiger partial charge in [-0.25, -0.2) is 4.31 Å². The second-order valence-electron chi connectivity index (χ2n) is 3.85. The third-order valence-corrected chi connectivity index (χ3v) is 3.41. The van der Waals surface area contributed by atoms with Gasteiger partial charge < -0.3 is 4.90 Å². The lowest BCUT2D eigenvalue weighted by Crippen LogP contribution is -2.41. The minimum atomic E-state index is 0.0569. The number of carbonyl (C=O) groups is 1. The average Bonchev–Trinajstić information content (AvgIpc) is 2.72. The number of likely N-dealkylation sites (tertiary alicyclic amines) is 1. The lowest BCUT2D eigenvalue weighted by molar-refractivity contribution is -0.133. The topological polar surface area (TPSA) is 23.6 Å². The van der Waals surface area contributed by atoms with Crippen LogP contribution in [0.4, 0.5) is 0 Å². The summed E-state index contributed by atoms with van der Waals surface area (Å²) in [5.74, 6) is 0.296. The smallest absolute Gasteiger partial charge is 0.240 e. The Kier molecular flexibility index (Phi) is 2.79. The van der Waals surface area contributed by atoms with E-state index in [9.17, 15) is 4.79 Å². The van der Waals surface area contributed by atoms with E-state index in [1.165, 1.54) is 12.8 Å². The predicted octanol–water partition coefficient (Wildman–Crippen LogP) is 0.918. The van der Waals surface area contributed by atoms with Gasteiger partial charge in [0.1, 0.15) is 0 Å². The van der Waals surface area contributed by atoms with Crippen molar-refractivity contribution in [2.45, 2.75) is 31.7 Å². The van der Waals surface area contributed by atoms with E-state index in [1.54, 1.807) is 0 Å². The molecule has 2 rings (SSSR count). The summed E-state index contributed by atoms with van der Waals surface area (Å²) in [5, 5.41) is 0. The highest BCUT2D eigenvalue weighted by Crippen LogP contribution is 2.22. The summed E-state index contributed by atoms with van der Waals surface area (Å²) in [4.78, 5) is 13.9. The number of carbonyl (C=O) groups excluding carboxylic acids is 1. The summed E-state index contributed by atoms with van der Waals surface area (Å²) in [7, 11) is 0. The summed E-state index contributed by atoms with van der Waals surface area (Å²) < 4.78 is 1.89. The van der Waals surface area contributed by atoms with Crippen LogP contribution >= 0.6 is 12.8 Å². The molecule has 2 fully saturated rings. The summed E-state index contributed by atoms with van der Waals surface area (Å²) >= 11 is 4.31. The molecule has 0 saturated carbocycles. The molecule has 0 unspecified atom stereocenters. The van der Waals surface area contributed by atoms with Crippen LogP contribution < -0.4 is 0 Å². The van der Waals surface area contributed by atoms with Crippen molar-refractivity contribution >= 4 is 18.7 Å². The monoisotopic (exact) mass is 200 g/mol. The van der Waals surface area contributed by atoms with Crippen molar-refractivity contribution in [2.75, 3.05) is 19.6 Å². The van der Waals surface area contributed by atoms with Crippen LogP contribution in [0.25, 0.3) is 0 Å². The lowest BCUT2D eigenvalue weighted by Gasteiger charge is -2.23. The summed E-state index contributed by atoms with van der Waals surface area (Å²) in [6.07, 6.45) is 4.43. The second kappa shape index (κ2) is 3.88. The van der Waals surface area contributed by atoms with Gasteiger partial charge in [0, 0.05) is 19.6 Å². The molecule has 0 aromatic heterocycles. The SMILES string of the molecule is O=C([C@@H]1CCCN1S)N1CCCC1. The van der Waals surface area contributed by atoms with E-state index in [2.05, 4.69) is 12.8 Å². The fourth-order valence-electron chi connectivity index (χ4n) is 2.15. The maximum atomic E-state index is 11.9. The van der Waals surface area contributed by atoms with E-state index in [0.717, 1.165) is 32.5 Å². The minimum Gasteiger partial charge on any atom is -0.341 e. The number of rotatable bonds is 1. The van der Waals surface area contributed by atoms with Gasteiger partial charge >= 0.3 is 0 Å². The van der Waals surface area contributed by atoms with Crippen LogP contribution in [0, 0.1) is 0 Å². The van der Waals surface area contributed by atoms with Crippen LogP contribution in [0.3, 0.4) is 0 Å². The Labute approximate surface area is 84.6 Å². The third-order valence-electron chi connectivity index (χ3n) is 2.93. The Hall–Kier alpha value is -0.220. The van der Waals surface area contributed by atoms with Gasteiger partial charge in [0.15, 0.2) is 0 Å². The highest BCUT2D eigenvalue weighted by Gasteiger charge is 2.32. The quantitative estimate of drug-likeness (QED) is 0.636. The molecule has 2 heterocycles. The molecule has 2 saturated heterocycles. The number of hydrogen-bond acceptors (Lipinski definition) is 3. The van der Waals surface area contributed by atoms with E-state index in [-0.39, 0.29) is 6.04 Å². The van der Waals surface area contributed by atoms with E-state index >= 15 is 0 Å². The van der Waals surface area contributed by atoms with Crippen molar-refractivity contribution in [3.8, 4) is 0 Å². The molecule has 0 N–H and O–H groups in total. The van der Waals surface area contributed by atoms with Crippen molar-refractivity contribution < 1.29 is 4.79 Å². The van der Waals surface area contributed by atoms with Crippen LogP contribution in [0.15, 0.2) is 0 Å². The van der Waals surface area contributed by atoms with Gasteiger partial charge in [0.25, 0.3) is 0 Å². The van der Waals surface area contributed by atoms with Crippen molar-refractivity contribution in [1.82, 2.24) is 9.21 Å². The number of amides is 1. The number of hydrogen-bond donors (Lipinski definition) is 1. The number of thiol groups is 1. The van der Waals surface area contributed by atoms with Crippen molar-refractivity contribution in [3.63, 3.8) is 0 Å².